The first kappa shape index (κ1) is 16.1. The lowest BCUT2D eigenvalue weighted by atomic mass is 10.3. The highest BCUT2D eigenvalue weighted by atomic mass is 35.5. The maximum atomic E-state index is 9.89. The van der Waals surface area contributed by atoms with Crippen molar-refractivity contribution in [3.63, 3.8) is 0 Å². The second-order valence-corrected chi connectivity index (χ2v) is 5.41. The van der Waals surface area contributed by atoms with E-state index in [2.05, 4.69) is 10.4 Å². The maximum absolute atomic E-state index is 9.89. The summed E-state index contributed by atoms with van der Waals surface area (Å²) in [5, 5.41) is 18.0. The van der Waals surface area contributed by atoms with Crippen LogP contribution in [0.4, 0.5) is 0 Å². The minimum absolute atomic E-state index is 0.113. The molecule has 2 rings (SSSR count). The molecule has 0 fully saturated rings. The van der Waals surface area contributed by atoms with Crippen LogP contribution in [0.2, 0.25) is 10.0 Å². The van der Waals surface area contributed by atoms with Crippen molar-refractivity contribution in [2.75, 3.05) is 13.2 Å². The third-order valence-electron chi connectivity index (χ3n) is 2.95. The first-order valence-electron chi connectivity index (χ1n) is 6.50. The molecule has 1 aromatic heterocycles. The van der Waals surface area contributed by atoms with Gasteiger partial charge in [0.2, 0.25) is 0 Å². The summed E-state index contributed by atoms with van der Waals surface area (Å²) in [7, 11) is 1.87. The van der Waals surface area contributed by atoms with Gasteiger partial charge in [0.1, 0.15) is 12.7 Å². The average molecular weight is 330 g/mol. The molecule has 114 valence electrons. The monoisotopic (exact) mass is 329 g/mol. The standard InChI is InChI=1S/C14H17Cl2N3O2/c1-19-10(5-6-18-19)7-17-8-11(20)9-21-14-12(15)3-2-4-13(14)16/h2-6,11,17,20H,7-9H2,1H3. The number of aliphatic hydroxyl groups is 1. The number of hydrogen-bond donors (Lipinski definition) is 2. The molecule has 21 heavy (non-hydrogen) atoms. The van der Waals surface area contributed by atoms with Crippen LogP contribution in [0.25, 0.3) is 0 Å². The van der Waals surface area contributed by atoms with Crippen molar-refractivity contribution in [1.29, 1.82) is 0 Å². The van der Waals surface area contributed by atoms with Crippen LogP contribution in [-0.4, -0.2) is 34.1 Å². The van der Waals surface area contributed by atoms with E-state index in [1.807, 2.05) is 13.1 Å². The van der Waals surface area contributed by atoms with Crippen molar-refractivity contribution in [3.05, 3.63) is 46.2 Å². The van der Waals surface area contributed by atoms with Crippen LogP contribution in [0, 0.1) is 0 Å². The second-order valence-electron chi connectivity index (χ2n) is 4.59. The molecule has 7 heteroatoms. The summed E-state index contributed by atoms with van der Waals surface area (Å²) in [6.45, 7) is 1.13. The molecule has 0 aliphatic heterocycles. The van der Waals surface area contributed by atoms with Gasteiger partial charge in [0.05, 0.1) is 15.7 Å². The molecule has 2 N–H and O–H groups in total. The normalized spacial score (nSPS) is 12.4. The Morgan fingerprint density at radius 3 is 2.67 bits per heavy atom. The summed E-state index contributed by atoms with van der Waals surface area (Å²) in [6, 6.07) is 7.04. The van der Waals surface area contributed by atoms with Gasteiger partial charge in [-0.2, -0.15) is 5.10 Å². The van der Waals surface area contributed by atoms with Crippen LogP contribution in [0.3, 0.4) is 0 Å². The minimum atomic E-state index is -0.662. The van der Waals surface area contributed by atoms with E-state index < -0.39 is 6.10 Å². The Hall–Kier alpha value is -1.27. The average Bonchev–Trinajstić information content (AvgIpc) is 2.84. The number of benzene rings is 1. The Bertz CT molecular complexity index is 569. The number of nitrogens with zero attached hydrogens (tertiary/aromatic N) is 2. The fourth-order valence-electron chi connectivity index (χ4n) is 1.80. The minimum Gasteiger partial charge on any atom is -0.488 e. The van der Waals surface area contributed by atoms with Crippen LogP contribution in [0.1, 0.15) is 5.69 Å². The van der Waals surface area contributed by atoms with Crippen molar-refractivity contribution in [2.24, 2.45) is 7.05 Å². The highest BCUT2D eigenvalue weighted by Crippen LogP contribution is 2.32. The first-order chi connectivity index (χ1) is 10.1. The molecule has 5 nitrogen and oxygen atoms in total. The van der Waals surface area contributed by atoms with Crippen molar-refractivity contribution in [1.82, 2.24) is 15.1 Å². The molecule has 1 aromatic carbocycles. The molecule has 0 radical (unpaired) electrons. The van der Waals surface area contributed by atoms with E-state index in [1.165, 1.54) is 0 Å². The van der Waals surface area contributed by atoms with Crippen LogP contribution in [0.5, 0.6) is 5.75 Å². The van der Waals surface area contributed by atoms with Crippen molar-refractivity contribution >= 4 is 23.2 Å². The lowest BCUT2D eigenvalue weighted by Crippen LogP contribution is -2.31. The molecule has 0 aliphatic carbocycles. The zero-order valence-electron chi connectivity index (χ0n) is 11.6. The number of halogens is 2. The number of rotatable bonds is 7. The maximum Gasteiger partial charge on any atom is 0.156 e. The van der Waals surface area contributed by atoms with Gasteiger partial charge in [-0.25, -0.2) is 0 Å². The smallest absolute Gasteiger partial charge is 0.156 e. The molecule has 1 heterocycles. The number of para-hydroxylation sites is 1. The van der Waals surface area contributed by atoms with E-state index in [0.29, 0.717) is 28.9 Å². The van der Waals surface area contributed by atoms with Gasteiger partial charge >= 0.3 is 0 Å². The van der Waals surface area contributed by atoms with E-state index in [-0.39, 0.29) is 6.61 Å². The molecule has 0 saturated carbocycles. The van der Waals surface area contributed by atoms with Gasteiger partial charge in [0.15, 0.2) is 5.75 Å². The van der Waals surface area contributed by atoms with Crippen LogP contribution in [-0.2, 0) is 13.6 Å². The first-order valence-corrected chi connectivity index (χ1v) is 7.26. The van der Waals surface area contributed by atoms with Gasteiger partial charge in [-0.1, -0.05) is 29.3 Å². The third kappa shape index (κ3) is 4.61. The molecule has 0 saturated heterocycles. The van der Waals surface area contributed by atoms with Crippen LogP contribution >= 0.6 is 23.2 Å². The number of aromatic nitrogens is 2. The summed E-state index contributed by atoms with van der Waals surface area (Å²) in [6.07, 6.45) is 1.07. The molecule has 1 unspecified atom stereocenters. The van der Waals surface area contributed by atoms with Crippen molar-refractivity contribution < 1.29 is 9.84 Å². The zero-order valence-corrected chi connectivity index (χ0v) is 13.1. The molecule has 2 aromatic rings. The van der Waals surface area contributed by atoms with E-state index >= 15 is 0 Å². The quantitative estimate of drug-likeness (QED) is 0.818. The number of aliphatic hydroxyl groups excluding tert-OH is 1. The molecule has 0 spiro atoms. The SMILES string of the molecule is Cn1nccc1CNCC(O)COc1c(Cl)cccc1Cl. The fourth-order valence-corrected chi connectivity index (χ4v) is 2.31. The molecular formula is C14H17Cl2N3O2. The highest BCUT2D eigenvalue weighted by Gasteiger charge is 2.10. The van der Waals surface area contributed by atoms with Gasteiger partial charge < -0.3 is 15.2 Å². The molecule has 0 aliphatic rings. The Balaban J connectivity index is 1.75. The predicted molar refractivity (Wildman–Crippen MR) is 82.9 cm³/mol. The fraction of sp³-hybridized carbons (Fsp3) is 0.357. The van der Waals surface area contributed by atoms with Crippen LogP contribution < -0.4 is 10.1 Å². The van der Waals surface area contributed by atoms with Crippen molar-refractivity contribution in [3.8, 4) is 5.75 Å². The van der Waals surface area contributed by atoms with Crippen LogP contribution in [0.15, 0.2) is 30.5 Å². The molecule has 0 bridgehead atoms. The summed E-state index contributed by atoms with van der Waals surface area (Å²) < 4.78 is 7.25. The summed E-state index contributed by atoms with van der Waals surface area (Å²) in [5.41, 5.74) is 1.04. The molecule has 1 atom stereocenters. The zero-order chi connectivity index (χ0) is 15.2. The number of ether oxygens (including phenoxy) is 1. The Morgan fingerprint density at radius 2 is 2.05 bits per heavy atom. The number of aryl methyl sites for hydroxylation is 1. The lowest BCUT2D eigenvalue weighted by Gasteiger charge is -2.15. The highest BCUT2D eigenvalue weighted by molar-refractivity contribution is 6.37. The van der Waals surface area contributed by atoms with E-state index in [1.54, 1.807) is 29.1 Å². The second kappa shape index (κ2) is 7.66. The summed E-state index contributed by atoms with van der Waals surface area (Å²) >= 11 is 12.0. The topological polar surface area (TPSA) is 59.3 Å². The lowest BCUT2D eigenvalue weighted by molar-refractivity contribution is 0.106. The van der Waals surface area contributed by atoms with Gasteiger partial charge in [0.25, 0.3) is 0 Å². The summed E-state index contributed by atoms with van der Waals surface area (Å²) in [4.78, 5) is 0. The van der Waals surface area contributed by atoms with E-state index in [9.17, 15) is 5.11 Å². The number of nitrogens with one attached hydrogen (secondary N) is 1. The number of hydrogen-bond acceptors (Lipinski definition) is 4. The van der Waals surface area contributed by atoms with E-state index in [0.717, 1.165) is 5.69 Å². The molecule has 0 amide bonds. The molecular weight excluding hydrogens is 313 g/mol. The van der Waals surface area contributed by atoms with E-state index in [4.69, 9.17) is 27.9 Å². The largest absolute Gasteiger partial charge is 0.488 e. The van der Waals surface area contributed by atoms with Gasteiger partial charge in [-0.15, -0.1) is 0 Å². The Kier molecular flexibility index (Phi) is 5.87. The van der Waals surface area contributed by atoms with Gasteiger partial charge in [-0.3, -0.25) is 4.68 Å². The Morgan fingerprint density at radius 1 is 1.33 bits per heavy atom. The van der Waals surface area contributed by atoms with Gasteiger partial charge in [-0.05, 0) is 18.2 Å². The summed E-state index contributed by atoms with van der Waals surface area (Å²) in [5.74, 6) is 0.395. The van der Waals surface area contributed by atoms with Gasteiger partial charge in [0, 0.05) is 26.3 Å². The third-order valence-corrected chi connectivity index (χ3v) is 3.54. The van der Waals surface area contributed by atoms with Crippen molar-refractivity contribution in [2.45, 2.75) is 12.6 Å². The predicted octanol–water partition coefficient (Wildman–Crippen LogP) is 2.26. The Labute approximate surface area is 133 Å².